The average Bonchev–Trinajstić information content (AvgIpc) is 2.90. The number of rotatable bonds is 4. The van der Waals surface area contributed by atoms with E-state index in [2.05, 4.69) is 15.0 Å². The first-order chi connectivity index (χ1) is 8.75. The van der Waals surface area contributed by atoms with Gasteiger partial charge < -0.3 is 14.6 Å². The summed E-state index contributed by atoms with van der Waals surface area (Å²) < 4.78 is 9.50. The Morgan fingerprint density at radius 1 is 1.50 bits per heavy atom. The zero-order chi connectivity index (χ0) is 12.8. The molecular formula is C12H14N2O4. The molecule has 18 heavy (non-hydrogen) atoms. The number of hydrogen-bond acceptors (Lipinski definition) is 5. The summed E-state index contributed by atoms with van der Waals surface area (Å²) in [5.74, 6) is -0.579. The van der Waals surface area contributed by atoms with Crippen LogP contribution in [0.3, 0.4) is 0 Å². The van der Waals surface area contributed by atoms with Crippen molar-refractivity contribution < 1.29 is 18.8 Å². The zero-order valence-electron chi connectivity index (χ0n) is 9.80. The van der Waals surface area contributed by atoms with E-state index in [9.17, 15) is 9.59 Å². The number of carbonyl (C=O) groups is 2. The normalized spacial score (nSPS) is 18.3. The quantitative estimate of drug-likeness (QED) is 0.647. The van der Waals surface area contributed by atoms with Crippen LogP contribution in [0.4, 0.5) is 5.82 Å². The topological polar surface area (TPSA) is 81.4 Å². The van der Waals surface area contributed by atoms with Gasteiger partial charge in [0.25, 0.3) is 5.91 Å². The highest BCUT2D eigenvalue weighted by Gasteiger charge is 2.21. The minimum Gasteiger partial charge on any atom is -0.455 e. The molecule has 0 spiro atoms. The zero-order valence-corrected chi connectivity index (χ0v) is 9.80. The standard InChI is InChI=1S/C12H14N2O4/c15-11(13-10-6-7-18-14-10)8-17-12(16)9-4-2-1-3-5-9/h1-2,6-7,9H,3-5,8H2,(H,13,14,15). The Morgan fingerprint density at radius 2 is 2.39 bits per heavy atom. The molecule has 1 N–H and O–H groups in total. The number of anilines is 1. The Bertz CT molecular complexity index is 439. The lowest BCUT2D eigenvalue weighted by molar-refractivity contribution is -0.151. The molecule has 1 aromatic heterocycles. The van der Waals surface area contributed by atoms with Gasteiger partial charge in [0, 0.05) is 6.07 Å². The highest BCUT2D eigenvalue weighted by Crippen LogP contribution is 2.19. The van der Waals surface area contributed by atoms with Gasteiger partial charge in [-0.25, -0.2) is 0 Å². The molecule has 0 radical (unpaired) electrons. The van der Waals surface area contributed by atoms with Gasteiger partial charge in [-0.05, 0) is 19.3 Å². The van der Waals surface area contributed by atoms with Crippen LogP contribution in [-0.2, 0) is 14.3 Å². The van der Waals surface area contributed by atoms with Crippen LogP contribution in [0, 0.1) is 5.92 Å². The Balaban J connectivity index is 1.72. The lowest BCUT2D eigenvalue weighted by Crippen LogP contribution is -2.25. The highest BCUT2D eigenvalue weighted by molar-refractivity contribution is 5.91. The number of esters is 1. The second-order valence-corrected chi connectivity index (χ2v) is 4.02. The molecule has 6 heteroatoms. The SMILES string of the molecule is O=C(COC(=O)C1CC=CCC1)Nc1ccon1. The van der Waals surface area contributed by atoms with E-state index in [0.29, 0.717) is 12.2 Å². The predicted molar refractivity (Wildman–Crippen MR) is 62.6 cm³/mol. The second-order valence-electron chi connectivity index (χ2n) is 4.02. The smallest absolute Gasteiger partial charge is 0.309 e. The number of nitrogens with one attached hydrogen (secondary N) is 1. The molecule has 0 bridgehead atoms. The molecule has 1 amide bonds. The van der Waals surface area contributed by atoms with Crippen LogP contribution in [0.25, 0.3) is 0 Å². The van der Waals surface area contributed by atoms with E-state index in [-0.39, 0.29) is 18.5 Å². The van der Waals surface area contributed by atoms with Crippen molar-refractivity contribution in [3.05, 3.63) is 24.5 Å². The molecule has 0 aromatic carbocycles. The van der Waals surface area contributed by atoms with E-state index >= 15 is 0 Å². The number of carbonyl (C=O) groups excluding carboxylic acids is 2. The van der Waals surface area contributed by atoms with Crippen molar-refractivity contribution in [2.75, 3.05) is 11.9 Å². The fourth-order valence-electron chi connectivity index (χ4n) is 1.72. The third-order valence-corrected chi connectivity index (χ3v) is 2.65. The Morgan fingerprint density at radius 3 is 3.06 bits per heavy atom. The van der Waals surface area contributed by atoms with Gasteiger partial charge in [0.05, 0.1) is 5.92 Å². The summed E-state index contributed by atoms with van der Waals surface area (Å²) in [5.41, 5.74) is 0. The van der Waals surface area contributed by atoms with Gasteiger partial charge in [-0.15, -0.1) is 0 Å². The van der Waals surface area contributed by atoms with Crippen LogP contribution >= 0.6 is 0 Å². The maximum atomic E-state index is 11.6. The van der Waals surface area contributed by atoms with Crippen molar-refractivity contribution in [2.24, 2.45) is 5.92 Å². The monoisotopic (exact) mass is 250 g/mol. The molecule has 96 valence electrons. The van der Waals surface area contributed by atoms with Crippen molar-refractivity contribution >= 4 is 17.7 Å². The molecule has 0 aliphatic heterocycles. The molecule has 1 aliphatic carbocycles. The van der Waals surface area contributed by atoms with Gasteiger partial charge >= 0.3 is 5.97 Å². The molecule has 0 saturated heterocycles. The van der Waals surface area contributed by atoms with Crippen LogP contribution in [0.2, 0.25) is 0 Å². The second kappa shape index (κ2) is 6.00. The number of nitrogens with zero attached hydrogens (tertiary/aromatic N) is 1. The van der Waals surface area contributed by atoms with Crippen molar-refractivity contribution in [3.63, 3.8) is 0 Å². The van der Waals surface area contributed by atoms with Crippen molar-refractivity contribution in [1.29, 1.82) is 0 Å². The minimum atomic E-state index is -0.427. The summed E-state index contributed by atoms with van der Waals surface area (Å²) in [6, 6.07) is 1.51. The van der Waals surface area contributed by atoms with Crippen LogP contribution in [-0.4, -0.2) is 23.6 Å². The van der Waals surface area contributed by atoms with Crippen LogP contribution in [0.1, 0.15) is 19.3 Å². The third-order valence-electron chi connectivity index (χ3n) is 2.65. The van der Waals surface area contributed by atoms with Crippen LogP contribution in [0.5, 0.6) is 0 Å². The van der Waals surface area contributed by atoms with Crippen LogP contribution < -0.4 is 5.32 Å². The third kappa shape index (κ3) is 3.44. The molecule has 2 rings (SSSR count). The Labute approximate surface area is 104 Å². The van der Waals surface area contributed by atoms with E-state index in [1.807, 2.05) is 12.2 Å². The number of allylic oxidation sites excluding steroid dienone is 2. The maximum absolute atomic E-state index is 11.6. The van der Waals surface area contributed by atoms with Gasteiger partial charge in [0.15, 0.2) is 12.4 Å². The summed E-state index contributed by atoms with van der Waals surface area (Å²) in [4.78, 5) is 23.0. The first-order valence-electron chi connectivity index (χ1n) is 5.77. The molecule has 0 fully saturated rings. The van der Waals surface area contributed by atoms with Gasteiger partial charge in [-0.2, -0.15) is 0 Å². The summed E-state index contributed by atoms with van der Waals surface area (Å²) >= 11 is 0. The van der Waals surface area contributed by atoms with E-state index in [1.165, 1.54) is 12.3 Å². The molecule has 6 nitrogen and oxygen atoms in total. The van der Waals surface area contributed by atoms with Gasteiger partial charge in [-0.1, -0.05) is 17.3 Å². The lowest BCUT2D eigenvalue weighted by atomic mass is 9.95. The van der Waals surface area contributed by atoms with Crippen molar-refractivity contribution in [2.45, 2.75) is 19.3 Å². The van der Waals surface area contributed by atoms with Gasteiger partial charge in [0.2, 0.25) is 0 Å². The summed E-state index contributed by atoms with van der Waals surface area (Å²) in [5, 5.41) is 5.96. The Kier molecular flexibility index (Phi) is 4.11. The number of ether oxygens (including phenoxy) is 1. The Hall–Kier alpha value is -2.11. The van der Waals surface area contributed by atoms with E-state index < -0.39 is 5.91 Å². The highest BCUT2D eigenvalue weighted by atomic mass is 16.5. The van der Waals surface area contributed by atoms with E-state index in [0.717, 1.165) is 12.8 Å². The number of aromatic nitrogens is 1. The van der Waals surface area contributed by atoms with Gasteiger partial charge in [-0.3, -0.25) is 9.59 Å². The maximum Gasteiger partial charge on any atom is 0.309 e. The first kappa shape index (κ1) is 12.3. The fourth-order valence-corrected chi connectivity index (χ4v) is 1.72. The molecular weight excluding hydrogens is 236 g/mol. The molecule has 1 atom stereocenters. The molecule has 1 unspecified atom stereocenters. The predicted octanol–water partition coefficient (Wildman–Crippen LogP) is 1.51. The van der Waals surface area contributed by atoms with Crippen LogP contribution in [0.15, 0.2) is 29.0 Å². The van der Waals surface area contributed by atoms with Gasteiger partial charge in [0.1, 0.15) is 6.26 Å². The summed E-state index contributed by atoms with van der Waals surface area (Å²) in [7, 11) is 0. The van der Waals surface area contributed by atoms with Crippen molar-refractivity contribution in [1.82, 2.24) is 5.16 Å². The fraction of sp³-hybridized carbons (Fsp3) is 0.417. The average molecular weight is 250 g/mol. The minimum absolute atomic E-state index is 0.130. The molecule has 1 aliphatic rings. The largest absolute Gasteiger partial charge is 0.455 e. The number of amides is 1. The number of hydrogen-bond donors (Lipinski definition) is 1. The van der Waals surface area contributed by atoms with E-state index in [4.69, 9.17) is 4.74 Å². The summed E-state index contributed by atoms with van der Waals surface area (Å²) in [6.07, 6.45) is 7.69. The van der Waals surface area contributed by atoms with E-state index in [1.54, 1.807) is 0 Å². The first-order valence-corrected chi connectivity index (χ1v) is 5.77. The molecule has 1 aromatic rings. The lowest BCUT2D eigenvalue weighted by Gasteiger charge is -2.15. The molecule has 1 heterocycles. The molecule has 0 saturated carbocycles. The summed E-state index contributed by atoms with van der Waals surface area (Å²) in [6.45, 7) is -0.300. The van der Waals surface area contributed by atoms with Crippen molar-refractivity contribution in [3.8, 4) is 0 Å².